The molecule has 4 aromatic rings. The van der Waals surface area contributed by atoms with Crippen LogP contribution in [0.2, 0.25) is 5.15 Å². The number of aromatic nitrogens is 3. The van der Waals surface area contributed by atoms with Gasteiger partial charge in [-0.1, -0.05) is 73.1 Å². The molecule has 2 aromatic heterocycles. The molecule has 0 amide bonds. The van der Waals surface area contributed by atoms with Crippen molar-refractivity contribution in [1.29, 1.82) is 0 Å². The summed E-state index contributed by atoms with van der Waals surface area (Å²) < 4.78 is 0. The number of pyridine rings is 1. The highest BCUT2D eigenvalue weighted by Crippen LogP contribution is 2.31. The lowest BCUT2D eigenvalue weighted by Gasteiger charge is -2.10. The molecule has 0 aliphatic heterocycles. The van der Waals surface area contributed by atoms with E-state index in [9.17, 15) is 0 Å². The number of fused-ring (bicyclic) bond motifs is 1. The van der Waals surface area contributed by atoms with Gasteiger partial charge < -0.3 is 0 Å². The Hall–Kier alpha value is -2.78. The molecular weight excluding hydrogens is 330 g/mol. The van der Waals surface area contributed by atoms with Gasteiger partial charge in [-0.25, -0.2) is 15.0 Å². The molecule has 4 rings (SSSR count). The van der Waals surface area contributed by atoms with Crippen molar-refractivity contribution in [2.75, 3.05) is 0 Å². The van der Waals surface area contributed by atoms with Gasteiger partial charge in [0.05, 0.1) is 11.4 Å². The summed E-state index contributed by atoms with van der Waals surface area (Å²) in [4.78, 5) is 13.9. The molecule has 0 saturated carbocycles. The fraction of sp³-hybridized carbons (Fsp3) is 0.0952. The SMILES string of the molecule is CCc1ccc(-c2nc3ccc(Cl)nc3nc2-c2ccccc2)cc1. The summed E-state index contributed by atoms with van der Waals surface area (Å²) in [5, 5.41) is 0.417. The number of aryl methyl sites for hydroxylation is 1. The van der Waals surface area contributed by atoms with E-state index in [1.165, 1.54) is 5.56 Å². The molecule has 0 atom stereocenters. The average molecular weight is 346 g/mol. The summed E-state index contributed by atoms with van der Waals surface area (Å²) in [7, 11) is 0. The Labute approximate surface area is 151 Å². The first-order valence-electron chi connectivity index (χ1n) is 8.23. The van der Waals surface area contributed by atoms with Crippen LogP contribution in [0.25, 0.3) is 33.7 Å². The maximum Gasteiger partial charge on any atom is 0.180 e. The zero-order valence-corrected chi connectivity index (χ0v) is 14.5. The number of rotatable bonds is 3. The Morgan fingerprint density at radius 1 is 0.720 bits per heavy atom. The molecule has 0 bridgehead atoms. The molecule has 0 fully saturated rings. The van der Waals surface area contributed by atoms with E-state index in [1.807, 2.05) is 36.4 Å². The van der Waals surface area contributed by atoms with Crippen molar-refractivity contribution in [2.45, 2.75) is 13.3 Å². The van der Waals surface area contributed by atoms with Gasteiger partial charge in [0.25, 0.3) is 0 Å². The van der Waals surface area contributed by atoms with Crippen LogP contribution in [-0.2, 0) is 6.42 Å². The van der Waals surface area contributed by atoms with Crippen LogP contribution in [0.15, 0.2) is 66.7 Å². The summed E-state index contributed by atoms with van der Waals surface area (Å²) in [6.07, 6.45) is 1.01. The van der Waals surface area contributed by atoms with E-state index in [1.54, 1.807) is 6.07 Å². The minimum absolute atomic E-state index is 0.417. The molecule has 122 valence electrons. The van der Waals surface area contributed by atoms with Crippen LogP contribution in [0.3, 0.4) is 0 Å². The first kappa shape index (κ1) is 15.7. The van der Waals surface area contributed by atoms with Crippen LogP contribution >= 0.6 is 11.6 Å². The van der Waals surface area contributed by atoms with Crippen LogP contribution in [0.4, 0.5) is 0 Å². The summed E-state index contributed by atoms with van der Waals surface area (Å²) in [6.45, 7) is 2.15. The second-order valence-corrected chi connectivity index (χ2v) is 6.20. The Morgan fingerprint density at radius 3 is 2.12 bits per heavy atom. The Balaban J connectivity index is 1.98. The van der Waals surface area contributed by atoms with Gasteiger partial charge in [-0.15, -0.1) is 0 Å². The minimum atomic E-state index is 0.417. The Bertz CT molecular complexity index is 1030. The monoisotopic (exact) mass is 345 g/mol. The van der Waals surface area contributed by atoms with Crippen LogP contribution in [0.1, 0.15) is 12.5 Å². The Morgan fingerprint density at radius 2 is 1.40 bits per heavy atom. The zero-order valence-electron chi connectivity index (χ0n) is 13.8. The standard InChI is InChI=1S/C21H16ClN3/c1-2-14-8-10-16(11-9-14)19-20(15-6-4-3-5-7-15)25-21-17(23-19)12-13-18(22)24-21/h3-13H,2H2,1H3. The smallest absolute Gasteiger partial charge is 0.180 e. The first-order chi connectivity index (χ1) is 12.2. The van der Waals surface area contributed by atoms with Crippen LogP contribution in [0.5, 0.6) is 0 Å². The van der Waals surface area contributed by atoms with Gasteiger partial charge in [0.1, 0.15) is 10.7 Å². The van der Waals surface area contributed by atoms with Crippen molar-refractivity contribution in [3.8, 4) is 22.5 Å². The van der Waals surface area contributed by atoms with Crippen LogP contribution < -0.4 is 0 Å². The van der Waals surface area contributed by atoms with Crippen LogP contribution in [0, 0.1) is 0 Å². The molecule has 0 radical (unpaired) electrons. The zero-order chi connectivity index (χ0) is 17.2. The molecule has 0 saturated heterocycles. The highest BCUT2D eigenvalue weighted by molar-refractivity contribution is 6.29. The van der Waals surface area contributed by atoms with E-state index in [4.69, 9.17) is 21.6 Å². The lowest BCUT2D eigenvalue weighted by atomic mass is 10.0. The van der Waals surface area contributed by atoms with Crippen molar-refractivity contribution >= 4 is 22.8 Å². The molecule has 0 aliphatic carbocycles. The van der Waals surface area contributed by atoms with Crippen molar-refractivity contribution < 1.29 is 0 Å². The summed E-state index contributed by atoms with van der Waals surface area (Å²) >= 11 is 6.03. The van der Waals surface area contributed by atoms with Crippen molar-refractivity contribution in [3.05, 3.63) is 77.4 Å². The molecule has 25 heavy (non-hydrogen) atoms. The number of hydrogen-bond acceptors (Lipinski definition) is 3. The highest BCUT2D eigenvalue weighted by Gasteiger charge is 2.14. The van der Waals surface area contributed by atoms with E-state index in [0.717, 1.165) is 34.5 Å². The fourth-order valence-corrected chi connectivity index (χ4v) is 2.96. The third-order valence-electron chi connectivity index (χ3n) is 4.18. The summed E-state index contributed by atoms with van der Waals surface area (Å²) in [5.74, 6) is 0. The summed E-state index contributed by atoms with van der Waals surface area (Å²) in [5.41, 5.74) is 6.30. The highest BCUT2D eigenvalue weighted by atomic mass is 35.5. The van der Waals surface area contributed by atoms with Gasteiger partial charge in [0.2, 0.25) is 0 Å². The molecule has 4 heteroatoms. The number of halogens is 1. The third kappa shape index (κ3) is 3.11. The number of nitrogens with zero attached hydrogens (tertiary/aromatic N) is 3. The van der Waals surface area contributed by atoms with Gasteiger partial charge in [-0.05, 0) is 24.1 Å². The van der Waals surface area contributed by atoms with E-state index in [0.29, 0.717) is 10.8 Å². The maximum atomic E-state index is 6.03. The predicted molar refractivity (Wildman–Crippen MR) is 103 cm³/mol. The molecule has 0 N–H and O–H groups in total. The van der Waals surface area contributed by atoms with Gasteiger partial charge in [0, 0.05) is 11.1 Å². The summed E-state index contributed by atoms with van der Waals surface area (Å²) in [6, 6.07) is 22.1. The van der Waals surface area contributed by atoms with Crippen molar-refractivity contribution in [2.24, 2.45) is 0 Å². The normalized spacial score (nSPS) is 11.0. The minimum Gasteiger partial charge on any atom is -0.242 e. The lowest BCUT2D eigenvalue weighted by Crippen LogP contribution is -1.97. The maximum absolute atomic E-state index is 6.03. The second-order valence-electron chi connectivity index (χ2n) is 5.81. The van der Waals surface area contributed by atoms with Crippen molar-refractivity contribution in [3.63, 3.8) is 0 Å². The molecule has 0 aliphatic rings. The number of benzene rings is 2. The van der Waals surface area contributed by atoms with Gasteiger partial charge in [-0.3, -0.25) is 0 Å². The fourth-order valence-electron chi connectivity index (χ4n) is 2.82. The predicted octanol–water partition coefficient (Wildman–Crippen LogP) is 5.57. The van der Waals surface area contributed by atoms with Gasteiger partial charge in [0.15, 0.2) is 5.65 Å². The third-order valence-corrected chi connectivity index (χ3v) is 4.39. The Kier molecular flexibility index (Phi) is 4.16. The average Bonchev–Trinajstić information content (AvgIpc) is 2.68. The molecule has 2 aromatic carbocycles. The second kappa shape index (κ2) is 6.61. The van der Waals surface area contributed by atoms with E-state index in [2.05, 4.69) is 36.2 Å². The van der Waals surface area contributed by atoms with E-state index in [-0.39, 0.29) is 0 Å². The van der Waals surface area contributed by atoms with Crippen molar-refractivity contribution in [1.82, 2.24) is 15.0 Å². The first-order valence-corrected chi connectivity index (χ1v) is 8.61. The molecule has 0 spiro atoms. The molecule has 3 nitrogen and oxygen atoms in total. The van der Waals surface area contributed by atoms with Crippen LogP contribution in [-0.4, -0.2) is 15.0 Å². The van der Waals surface area contributed by atoms with E-state index < -0.39 is 0 Å². The quantitative estimate of drug-likeness (QED) is 0.455. The largest absolute Gasteiger partial charge is 0.242 e. The lowest BCUT2D eigenvalue weighted by molar-refractivity contribution is 1.14. The topological polar surface area (TPSA) is 38.7 Å². The van der Waals surface area contributed by atoms with E-state index >= 15 is 0 Å². The molecule has 0 unspecified atom stereocenters. The molecule has 2 heterocycles. The van der Waals surface area contributed by atoms with Gasteiger partial charge >= 0.3 is 0 Å². The number of hydrogen-bond donors (Lipinski definition) is 0. The molecular formula is C21H16ClN3. The van der Waals surface area contributed by atoms with Gasteiger partial charge in [-0.2, -0.15) is 0 Å².